The lowest BCUT2D eigenvalue weighted by molar-refractivity contribution is -0.130. The van der Waals surface area contributed by atoms with Crippen molar-refractivity contribution in [2.24, 2.45) is 0 Å². The van der Waals surface area contributed by atoms with Crippen LogP contribution in [0.2, 0.25) is 0 Å². The molecule has 0 spiro atoms. The van der Waals surface area contributed by atoms with Crippen molar-refractivity contribution >= 4 is 26.8 Å². The number of halogens is 1. The second kappa shape index (κ2) is 8.99. The highest BCUT2D eigenvalue weighted by Crippen LogP contribution is 2.26. The zero-order chi connectivity index (χ0) is 21.8. The molecule has 1 aliphatic heterocycles. The third-order valence-electron chi connectivity index (χ3n) is 5.12. The van der Waals surface area contributed by atoms with Gasteiger partial charge < -0.3 is 9.64 Å². The van der Waals surface area contributed by atoms with Crippen molar-refractivity contribution in [1.29, 1.82) is 0 Å². The number of pyridine rings is 1. The number of hydrogen-bond acceptors (Lipinski definition) is 5. The largest absolute Gasteiger partial charge is 0.486 e. The Morgan fingerprint density at radius 3 is 2.84 bits per heavy atom. The number of aromatic nitrogens is 1. The molecule has 0 saturated carbocycles. The highest BCUT2D eigenvalue weighted by atomic mass is 32.2. The molecule has 2 heterocycles. The molecule has 2 aromatic carbocycles. The van der Waals surface area contributed by atoms with Gasteiger partial charge in [-0.05, 0) is 30.3 Å². The van der Waals surface area contributed by atoms with E-state index in [9.17, 15) is 17.6 Å². The van der Waals surface area contributed by atoms with Gasteiger partial charge in [-0.3, -0.25) is 9.78 Å². The van der Waals surface area contributed by atoms with Crippen molar-refractivity contribution in [3.05, 3.63) is 66.6 Å². The minimum Gasteiger partial charge on any atom is -0.486 e. The van der Waals surface area contributed by atoms with Gasteiger partial charge in [0.1, 0.15) is 23.2 Å². The van der Waals surface area contributed by atoms with Gasteiger partial charge in [-0.25, -0.2) is 17.5 Å². The van der Waals surface area contributed by atoms with Gasteiger partial charge in [0, 0.05) is 37.5 Å². The molecule has 0 radical (unpaired) electrons. The fourth-order valence-corrected chi connectivity index (χ4v) is 4.63. The molecular weight excluding hydrogens is 421 g/mol. The summed E-state index contributed by atoms with van der Waals surface area (Å²) in [7, 11) is -3.87. The molecular formula is C22H22FN3O4S. The molecule has 1 saturated heterocycles. The van der Waals surface area contributed by atoms with Gasteiger partial charge in [0.15, 0.2) is 0 Å². The molecule has 162 valence electrons. The number of amides is 1. The van der Waals surface area contributed by atoms with E-state index in [1.165, 1.54) is 18.2 Å². The molecule has 9 heteroatoms. The zero-order valence-electron chi connectivity index (χ0n) is 16.7. The molecule has 0 bridgehead atoms. The molecule has 7 nitrogen and oxygen atoms in total. The van der Waals surface area contributed by atoms with E-state index in [-0.39, 0.29) is 29.9 Å². The number of nitrogens with one attached hydrogen (secondary N) is 1. The number of hydrogen-bond donors (Lipinski definition) is 1. The van der Waals surface area contributed by atoms with Gasteiger partial charge in [-0.2, -0.15) is 0 Å². The fraction of sp³-hybridized carbons (Fsp3) is 0.273. The lowest BCUT2D eigenvalue weighted by atomic mass is 10.2. The van der Waals surface area contributed by atoms with Gasteiger partial charge in [0.25, 0.3) is 0 Å². The maximum atomic E-state index is 13.3. The molecule has 1 aliphatic rings. The number of carbonyl (C=O) groups is 1. The summed E-state index contributed by atoms with van der Waals surface area (Å²) in [5.74, 6) is -0.118. The van der Waals surface area contributed by atoms with Crippen molar-refractivity contribution < 1.29 is 22.3 Å². The minimum atomic E-state index is -3.87. The molecule has 1 unspecified atom stereocenters. The highest BCUT2D eigenvalue weighted by Gasteiger charge is 2.28. The first-order valence-corrected chi connectivity index (χ1v) is 11.4. The van der Waals surface area contributed by atoms with Crippen LogP contribution in [0.15, 0.2) is 65.7 Å². The predicted molar refractivity (Wildman–Crippen MR) is 114 cm³/mol. The number of nitrogens with zero attached hydrogens (tertiary/aromatic N) is 2. The van der Waals surface area contributed by atoms with Crippen LogP contribution >= 0.6 is 0 Å². The number of fused-ring (bicyclic) bond motifs is 1. The summed E-state index contributed by atoms with van der Waals surface area (Å²) in [5, 5.41) is 0.983. The van der Waals surface area contributed by atoms with Gasteiger partial charge in [0.2, 0.25) is 15.9 Å². The molecule has 0 aliphatic carbocycles. The summed E-state index contributed by atoms with van der Waals surface area (Å²) in [6.45, 7) is 0.907. The molecule has 1 amide bonds. The highest BCUT2D eigenvalue weighted by molar-refractivity contribution is 7.89. The maximum Gasteiger partial charge on any atom is 0.240 e. The van der Waals surface area contributed by atoms with Crippen molar-refractivity contribution in [3.63, 3.8) is 0 Å². The normalized spacial score (nSPS) is 16.5. The monoisotopic (exact) mass is 443 g/mol. The Kier molecular flexibility index (Phi) is 6.15. The number of sulfonamides is 1. The van der Waals surface area contributed by atoms with Gasteiger partial charge in [-0.15, -0.1) is 0 Å². The lowest BCUT2D eigenvalue weighted by Crippen LogP contribution is -2.34. The first kappa shape index (κ1) is 21.2. The molecule has 31 heavy (non-hydrogen) atoms. The van der Waals surface area contributed by atoms with Crippen LogP contribution in [0.5, 0.6) is 5.75 Å². The summed E-state index contributed by atoms with van der Waals surface area (Å²) >= 11 is 0. The minimum absolute atomic E-state index is 0.0110. The Hall–Kier alpha value is -3.04. The van der Waals surface area contributed by atoms with Crippen LogP contribution in [0, 0.1) is 5.82 Å². The number of likely N-dealkylation sites (tertiary alicyclic amines) is 1. The van der Waals surface area contributed by atoms with E-state index in [0.29, 0.717) is 25.3 Å². The molecule has 1 atom stereocenters. The van der Waals surface area contributed by atoms with E-state index in [1.54, 1.807) is 11.1 Å². The summed E-state index contributed by atoms with van der Waals surface area (Å²) in [5.41, 5.74) is 0.779. The van der Waals surface area contributed by atoms with Crippen LogP contribution in [0.1, 0.15) is 12.8 Å². The van der Waals surface area contributed by atoms with Crippen LogP contribution in [-0.4, -0.2) is 49.9 Å². The molecule has 1 fully saturated rings. The molecule has 4 rings (SSSR count). The van der Waals surface area contributed by atoms with Crippen LogP contribution in [-0.2, 0) is 14.8 Å². The van der Waals surface area contributed by atoms with Gasteiger partial charge in [-0.1, -0.05) is 24.3 Å². The average Bonchev–Trinajstić information content (AvgIpc) is 3.22. The Morgan fingerprint density at radius 1 is 1.19 bits per heavy atom. The third-order valence-corrected chi connectivity index (χ3v) is 6.58. The Morgan fingerprint density at radius 2 is 2.00 bits per heavy atom. The first-order valence-electron chi connectivity index (χ1n) is 9.96. The molecule has 1 N–H and O–H groups in total. The van der Waals surface area contributed by atoms with Crippen molar-refractivity contribution in [2.45, 2.75) is 23.8 Å². The number of benzene rings is 2. The first-order chi connectivity index (χ1) is 14.9. The Bertz CT molecular complexity index is 1200. The summed E-state index contributed by atoms with van der Waals surface area (Å²) in [6.07, 6.45) is 2.26. The second-order valence-corrected chi connectivity index (χ2v) is 9.07. The number of ether oxygens (including phenoxy) is 1. The third kappa shape index (κ3) is 5.00. The zero-order valence-corrected chi connectivity index (χ0v) is 17.5. The van der Waals surface area contributed by atoms with E-state index < -0.39 is 15.8 Å². The van der Waals surface area contributed by atoms with Crippen molar-refractivity contribution in [3.8, 4) is 5.75 Å². The Labute approximate surface area is 179 Å². The Balaban J connectivity index is 1.30. The number of rotatable bonds is 7. The predicted octanol–water partition coefficient (Wildman–Crippen LogP) is 2.72. The maximum absolute atomic E-state index is 13.3. The van der Waals surface area contributed by atoms with E-state index in [2.05, 4.69) is 9.71 Å². The van der Waals surface area contributed by atoms with Crippen LogP contribution in [0.25, 0.3) is 10.9 Å². The fourth-order valence-electron chi connectivity index (χ4n) is 3.57. The van der Waals surface area contributed by atoms with E-state index in [0.717, 1.165) is 17.0 Å². The van der Waals surface area contributed by atoms with Crippen molar-refractivity contribution in [2.75, 3.05) is 19.6 Å². The van der Waals surface area contributed by atoms with Crippen LogP contribution in [0.4, 0.5) is 4.39 Å². The summed E-state index contributed by atoms with van der Waals surface area (Å²) in [6, 6.07) is 14.3. The lowest BCUT2D eigenvalue weighted by Gasteiger charge is -2.18. The number of carbonyl (C=O) groups excluding carboxylic acids is 1. The molecule has 1 aromatic heterocycles. The summed E-state index contributed by atoms with van der Waals surface area (Å²) in [4.78, 5) is 18.4. The number of para-hydroxylation sites is 1. The average molecular weight is 444 g/mol. The molecule has 3 aromatic rings. The van der Waals surface area contributed by atoms with Crippen LogP contribution in [0.3, 0.4) is 0 Å². The van der Waals surface area contributed by atoms with Crippen LogP contribution < -0.4 is 9.46 Å². The summed E-state index contributed by atoms with van der Waals surface area (Å²) < 4.78 is 46.1. The van der Waals surface area contributed by atoms with Gasteiger partial charge >= 0.3 is 0 Å². The van der Waals surface area contributed by atoms with Crippen molar-refractivity contribution in [1.82, 2.24) is 14.6 Å². The SMILES string of the molecule is O=C(CCNS(=O)(=O)c1cccc(F)c1)N1CCC(Oc2cccc3cccnc23)C1. The quantitative estimate of drug-likeness (QED) is 0.607. The second-order valence-electron chi connectivity index (χ2n) is 7.30. The van der Waals surface area contributed by atoms with E-state index in [1.807, 2.05) is 30.3 Å². The van der Waals surface area contributed by atoms with E-state index >= 15 is 0 Å². The van der Waals surface area contributed by atoms with Gasteiger partial charge in [0.05, 0.1) is 11.4 Å². The standard InChI is InChI=1S/C22H22FN3O4S/c23-17-6-2-7-19(14-17)31(28,29)25-12-9-21(27)26-13-10-18(15-26)30-20-8-1-4-16-5-3-11-24-22(16)20/h1-8,11,14,18,25H,9-10,12-13,15H2. The van der Waals surface area contributed by atoms with E-state index in [4.69, 9.17) is 4.74 Å². The topological polar surface area (TPSA) is 88.6 Å². The smallest absolute Gasteiger partial charge is 0.240 e.